The van der Waals surface area contributed by atoms with Crippen LogP contribution in [0.3, 0.4) is 0 Å². The number of hydrogen-bond acceptors (Lipinski definition) is 3. The summed E-state index contributed by atoms with van der Waals surface area (Å²) in [6.07, 6.45) is -1.69. The van der Waals surface area contributed by atoms with E-state index in [0.29, 0.717) is 5.56 Å². The zero-order valence-corrected chi connectivity index (χ0v) is 12.7. The van der Waals surface area contributed by atoms with Gasteiger partial charge in [-0.25, -0.2) is 4.39 Å². The Balaban J connectivity index is 1.97. The fourth-order valence-electron chi connectivity index (χ4n) is 1.73. The third-order valence-corrected chi connectivity index (χ3v) is 2.90. The van der Waals surface area contributed by atoms with Crippen LogP contribution in [0.15, 0.2) is 52.7 Å². The molecule has 0 aliphatic heterocycles. The molecule has 0 bridgehead atoms. The summed E-state index contributed by atoms with van der Waals surface area (Å²) in [5.41, 5.74) is 2.34. The second-order valence-electron chi connectivity index (χ2n) is 4.99. The maximum atomic E-state index is 13.6. The normalized spacial score (nSPS) is 12.2. The second kappa shape index (κ2) is 7.72. The molecule has 0 aliphatic rings. The first-order chi connectivity index (χ1) is 11.3. The van der Waals surface area contributed by atoms with Gasteiger partial charge in [-0.1, -0.05) is 29.8 Å². The van der Waals surface area contributed by atoms with E-state index in [1.54, 1.807) is 0 Å². The van der Waals surface area contributed by atoms with Gasteiger partial charge in [-0.2, -0.15) is 23.4 Å². The Morgan fingerprint density at radius 1 is 0.958 bits per heavy atom. The number of hydrogen-bond donors (Lipinski definition) is 0. The molecule has 24 heavy (non-hydrogen) atoms. The molecule has 3 nitrogen and oxygen atoms in total. The van der Waals surface area contributed by atoms with Gasteiger partial charge in [0.25, 0.3) is 0 Å². The van der Waals surface area contributed by atoms with Crippen LogP contribution in [0.2, 0.25) is 0 Å². The fourth-order valence-corrected chi connectivity index (χ4v) is 1.73. The van der Waals surface area contributed by atoms with Crippen molar-refractivity contribution in [3.63, 3.8) is 0 Å². The van der Waals surface area contributed by atoms with Crippen molar-refractivity contribution in [1.29, 1.82) is 0 Å². The molecule has 126 valence electrons. The number of aryl methyl sites for hydroxylation is 1. The standard InChI is InChI=1S/C17H14F4N2O/c1-12-2-4-13(5-3-12)9-22-23-10-14-6-7-16(15(18)8-14)24-11-17(19,20)21/h2-10H,11H2,1H3/b22-9+,23-10+. The molecule has 0 fully saturated rings. The lowest BCUT2D eigenvalue weighted by molar-refractivity contribution is -0.153. The van der Waals surface area contributed by atoms with Gasteiger partial charge in [-0.3, -0.25) is 0 Å². The first kappa shape index (κ1) is 17.7. The van der Waals surface area contributed by atoms with E-state index in [-0.39, 0.29) is 0 Å². The van der Waals surface area contributed by atoms with Gasteiger partial charge in [0.2, 0.25) is 0 Å². The van der Waals surface area contributed by atoms with E-state index in [4.69, 9.17) is 0 Å². The Hall–Kier alpha value is -2.70. The molecule has 0 saturated heterocycles. The monoisotopic (exact) mass is 338 g/mol. The molecule has 0 amide bonds. The van der Waals surface area contributed by atoms with Crippen molar-refractivity contribution in [1.82, 2.24) is 0 Å². The first-order valence-electron chi connectivity index (χ1n) is 6.96. The molecular formula is C17H14F4N2O. The molecule has 0 N–H and O–H groups in total. The first-order valence-corrected chi connectivity index (χ1v) is 6.96. The molecule has 0 heterocycles. The van der Waals surface area contributed by atoms with Crippen LogP contribution in [0, 0.1) is 12.7 Å². The Bertz CT molecular complexity index is 737. The van der Waals surface area contributed by atoms with Crippen molar-refractivity contribution in [2.75, 3.05) is 6.61 Å². The Morgan fingerprint density at radius 3 is 2.12 bits per heavy atom. The average molecular weight is 338 g/mol. The summed E-state index contributed by atoms with van der Waals surface area (Å²) in [6, 6.07) is 11.1. The van der Waals surface area contributed by atoms with Crippen LogP contribution in [0.4, 0.5) is 17.6 Å². The van der Waals surface area contributed by atoms with Gasteiger partial charge >= 0.3 is 6.18 Å². The molecule has 0 aliphatic carbocycles. The van der Waals surface area contributed by atoms with E-state index in [9.17, 15) is 17.6 Å². The zero-order valence-electron chi connectivity index (χ0n) is 12.7. The minimum atomic E-state index is -4.52. The lowest BCUT2D eigenvalue weighted by Gasteiger charge is -2.09. The van der Waals surface area contributed by atoms with Gasteiger partial charge in [-0.15, -0.1) is 0 Å². The molecule has 0 radical (unpaired) electrons. The highest BCUT2D eigenvalue weighted by Gasteiger charge is 2.28. The van der Waals surface area contributed by atoms with Crippen molar-refractivity contribution < 1.29 is 22.3 Å². The highest BCUT2D eigenvalue weighted by Crippen LogP contribution is 2.21. The van der Waals surface area contributed by atoms with Crippen molar-refractivity contribution in [3.05, 3.63) is 65.0 Å². The second-order valence-corrected chi connectivity index (χ2v) is 4.99. The topological polar surface area (TPSA) is 34.0 Å². The Labute approximate surface area is 136 Å². The summed E-state index contributed by atoms with van der Waals surface area (Å²) < 4.78 is 54.1. The summed E-state index contributed by atoms with van der Waals surface area (Å²) in [5, 5.41) is 7.60. The number of benzene rings is 2. The number of rotatable bonds is 5. The average Bonchev–Trinajstić information content (AvgIpc) is 2.51. The number of nitrogens with zero attached hydrogens (tertiary/aromatic N) is 2. The molecule has 0 saturated carbocycles. The van der Waals surface area contributed by atoms with Gasteiger partial charge in [0.1, 0.15) is 0 Å². The fraction of sp³-hybridized carbons (Fsp3) is 0.176. The molecule has 0 aromatic heterocycles. The third kappa shape index (κ3) is 5.83. The quantitative estimate of drug-likeness (QED) is 0.448. The zero-order chi connectivity index (χ0) is 17.6. The van der Waals surface area contributed by atoms with Crippen molar-refractivity contribution >= 4 is 12.4 Å². The smallest absolute Gasteiger partial charge is 0.422 e. The predicted octanol–water partition coefficient (Wildman–Crippen LogP) is 4.53. The van der Waals surface area contributed by atoms with E-state index < -0.39 is 24.3 Å². The van der Waals surface area contributed by atoms with E-state index in [1.165, 1.54) is 18.5 Å². The highest BCUT2D eigenvalue weighted by molar-refractivity contribution is 5.82. The van der Waals surface area contributed by atoms with Crippen LogP contribution >= 0.6 is 0 Å². The largest absolute Gasteiger partial charge is 0.481 e. The summed E-state index contributed by atoms with van der Waals surface area (Å²) in [4.78, 5) is 0. The van der Waals surface area contributed by atoms with E-state index in [2.05, 4.69) is 14.9 Å². The summed E-state index contributed by atoms with van der Waals surface area (Å²) in [6.45, 7) is 0.425. The molecule has 0 spiro atoms. The molecule has 2 aromatic rings. The molecule has 0 unspecified atom stereocenters. The SMILES string of the molecule is Cc1ccc(/C=N/N=C/c2ccc(OCC(F)(F)F)c(F)c2)cc1. The van der Waals surface area contributed by atoms with Crippen LogP contribution in [-0.2, 0) is 0 Å². The van der Waals surface area contributed by atoms with Gasteiger partial charge in [0.15, 0.2) is 18.2 Å². The van der Waals surface area contributed by atoms with Crippen LogP contribution < -0.4 is 4.74 Å². The molecule has 2 aromatic carbocycles. The molecular weight excluding hydrogens is 324 g/mol. The highest BCUT2D eigenvalue weighted by atomic mass is 19.4. The van der Waals surface area contributed by atoms with Crippen molar-refractivity contribution in [2.45, 2.75) is 13.1 Å². The minimum absolute atomic E-state index is 0.355. The summed E-state index contributed by atoms with van der Waals surface area (Å²) >= 11 is 0. The molecule has 7 heteroatoms. The maximum Gasteiger partial charge on any atom is 0.422 e. The van der Waals surface area contributed by atoms with Gasteiger partial charge in [0.05, 0.1) is 12.4 Å². The van der Waals surface area contributed by atoms with Gasteiger partial charge in [0, 0.05) is 0 Å². The van der Waals surface area contributed by atoms with Crippen LogP contribution in [0.5, 0.6) is 5.75 Å². The number of alkyl halides is 3. The Morgan fingerprint density at radius 2 is 1.54 bits per heavy atom. The Kier molecular flexibility index (Phi) is 5.68. The minimum Gasteiger partial charge on any atom is -0.481 e. The van der Waals surface area contributed by atoms with Crippen LogP contribution in [0.1, 0.15) is 16.7 Å². The van der Waals surface area contributed by atoms with Crippen LogP contribution in [0.25, 0.3) is 0 Å². The lowest BCUT2D eigenvalue weighted by Crippen LogP contribution is -2.19. The summed E-state index contributed by atoms with van der Waals surface area (Å²) in [5.74, 6) is -1.36. The predicted molar refractivity (Wildman–Crippen MR) is 84.3 cm³/mol. The van der Waals surface area contributed by atoms with E-state index in [0.717, 1.165) is 23.3 Å². The molecule has 0 atom stereocenters. The van der Waals surface area contributed by atoms with Crippen molar-refractivity contribution in [2.24, 2.45) is 10.2 Å². The van der Waals surface area contributed by atoms with E-state index >= 15 is 0 Å². The number of ether oxygens (including phenoxy) is 1. The maximum absolute atomic E-state index is 13.6. The third-order valence-electron chi connectivity index (χ3n) is 2.90. The summed E-state index contributed by atoms with van der Waals surface area (Å²) in [7, 11) is 0. The lowest BCUT2D eigenvalue weighted by atomic mass is 10.2. The van der Waals surface area contributed by atoms with E-state index in [1.807, 2.05) is 31.2 Å². The van der Waals surface area contributed by atoms with Crippen molar-refractivity contribution in [3.8, 4) is 5.75 Å². The molecule has 2 rings (SSSR count). The number of halogens is 4. The van der Waals surface area contributed by atoms with Gasteiger partial charge in [-0.05, 0) is 36.2 Å². The van der Waals surface area contributed by atoms with Crippen LogP contribution in [-0.4, -0.2) is 25.2 Å². The van der Waals surface area contributed by atoms with Gasteiger partial charge < -0.3 is 4.74 Å².